The van der Waals surface area contributed by atoms with Crippen molar-refractivity contribution in [2.24, 2.45) is 0 Å². The van der Waals surface area contributed by atoms with Crippen LogP contribution in [-0.4, -0.2) is 29.9 Å². The van der Waals surface area contributed by atoms with E-state index in [2.05, 4.69) is 10.3 Å². The molecule has 0 aliphatic rings. The van der Waals surface area contributed by atoms with Crippen LogP contribution in [0.2, 0.25) is 0 Å². The Morgan fingerprint density at radius 3 is 2.55 bits per heavy atom. The average Bonchev–Trinajstić information content (AvgIpc) is 2.46. The fraction of sp³-hybridized carbons (Fsp3) is 0.200. The average molecular weight is 309 g/mol. The molecule has 0 unspecified atom stereocenters. The lowest BCUT2D eigenvalue weighted by atomic mass is 10.2. The van der Waals surface area contributed by atoms with Crippen molar-refractivity contribution in [2.45, 2.75) is 6.18 Å². The van der Waals surface area contributed by atoms with Gasteiger partial charge in [0, 0.05) is 26.0 Å². The predicted molar refractivity (Wildman–Crippen MR) is 77.0 cm³/mol. The molecule has 0 saturated carbocycles. The smallest absolute Gasteiger partial charge is 0.345 e. The summed E-state index contributed by atoms with van der Waals surface area (Å²) in [6.45, 7) is 0. The second-order valence-electron chi connectivity index (χ2n) is 4.80. The zero-order valence-corrected chi connectivity index (χ0v) is 12.0. The molecule has 1 N–H and O–H groups in total. The van der Waals surface area contributed by atoms with Gasteiger partial charge in [-0.3, -0.25) is 4.79 Å². The third-order valence-electron chi connectivity index (χ3n) is 2.90. The van der Waals surface area contributed by atoms with Crippen molar-refractivity contribution in [3.63, 3.8) is 0 Å². The number of hydrogen-bond acceptors (Lipinski definition) is 3. The first-order valence-corrected chi connectivity index (χ1v) is 6.40. The van der Waals surface area contributed by atoms with Gasteiger partial charge < -0.3 is 10.2 Å². The number of pyridine rings is 1. The number of nitrogens with one attached hydrogen (secondary N) is 1. The minimum absolute atomic E-state index is 0.209. The van der Waals surface area contributed by atoms with E-state index >= 15 is 0 Å². The third-order valence-corrected chi connectivity index (χ3v) is 2.90. The number of amides is 1. The molecule has 2 rings (SSSR count). The first kappa shape index (κ1) is 15.8. The van der Waals surface area contributed by atoms with Gasteiger partial charge in [0.15, 0.2) is 0 Å². The Morgan fingerprint density at radius 2 is 1.91 bits per heavy atom. The third kappa shape index (κ3) is 3.55. The van der Waals surface area contributed by atoms with Crippen molar-refractivity contribution in [3.05, 3.63) is 53.7 Å². The van der Waals surface area contributed by atoms with Crippen LogP contribution in [0.4, 0.5) is 24.7 Å². The summed E-state index contributed by atoms with van der Waals surface area (Å²) in [7, 11) is 3.17. The number of nitrogens with zero attached hydrogens (tertiary/aromatic N) is 2. The number of carbonyl (C=O) groups excluding carboxylic acids is 1. The summed E-state index contributed by atoms with van der Waals surface area (Å²) >= 11 is 0. The highest BCUT2D eigenvalue weighted by Crippen LogP contribution is 2.31. The van der Waals surface area contributed by atoms with Crippen LogP contribution in [0.1, 0.15) is 15.9 Å². The number of alkyl halides is 3. The minimum Gasteiger partial charge on any atom is -0.345 e. The highest BCUT2D eigenvalue weighted by molar-refractivity contribution is 5.99. The van der Waals surface area contributed by atoms with E-state index in [9.17, 15) is 18.0 Å². The van der Waals surface area contributed by atoms with Crippen molar-refractivity contribution in [1.29, 1.82) is 0 Å². The van der Waals surface area contributed by atoms with Gasteiger partial charge >= 0.3 is 6.18 Å². The molecule has 0 atom stereocenters. The molecule has 116 valence electrons. The molecule has 7 heteroatoms. The largest absolute Gasteiger partial charge is 0.416 e. The van der Waals surface area contributed by atoms with Crippen LogP contribution in [0, 0.1) is 0 Å². The van der Waals surface area contributed by atoms with Gasteiger partial charge in [-0.05, 0) is 30.3 Å². The molecule has 0 aliphatic carbocycles. The lowest BCUT2D eigenvalue weighted by molar-refractivity contribution is -0.137. The summed E-state index contributed by atoms with van der Waals surface area (Å²) in [5.41, 5.74) is -0.278. The lowest BCUT2D eigenvalue weighted by Crippen LogP contribution is -2.23. The fourth-order valence-corrected chi connectivity index (χ4v) is 1.83. The van der Waals surface area contributed by atoms with Gasteiger partial charge in [-0.15, -0.1) is 0 Å². The summed E-state index contributed by atoms with van der Waals surface area (Å²) in [4.78, 5) is 17.4. The Balaban J connectivity index is 2.34. The van der Waals surface area contributed by atoms with E-state index in [0.717, 1.165) is 12.1 Å². The molecule has 1 heterocycles. The molecule has 2 aromatic rings. The Morgan fingerprint density at radius 1 is 1.18 bits per heavy atom. The topological polar surface area (TPSA) is 45.2 Å². The summed E-state index contributed by atoms with van der Waals surface area (Å²) < 4.78 is 38.1. The number of benzene rings is 1. The van der Waals surface area contributed by atoms with Crippen molar-refractivity contribution >= 4 is 17.4 Å². The van der Waals surface area contributed by atoms with E-state index in [1.54, 1.807) is 26.2 Å². The maximum Gasteiger partial charge on any atom is 0.416 e. The van der Waals surface area contributed by atoms with Crippen LogP contribution >= 0.6 is 0 Å². The van der Waals surface area contributed by atoms with Crippen LogP contribution in [0.3, 0.4) is 0 Å². The number of halogens is 3. The van der Waals surface area contributed by atoms with Crippen molar-refractivity contribution in [2.75, 3.05) is 19.4 Å². The van der Waals surface area contributed by atoms with Crippen LogP contribution in [0.25, 0.3) is 0 Å². The van der Waals surface area contributed by atoms with Gasteiger partial charge in [-0.1, -0.05) is 6.07 Å². The molecule has 1 aromatic carbocycles. The van der Waals surface area contributed by atoms with E-state index in [0.29, 0.717) is 0 Å². The maximum absolute atomic E-state index is 12.7. The second kappa shape index (κ2) is 6.05. The SMILES string of the molecule is CN(C)C(=O)c1cccnc1Nc1cccc(C(F)(F)F)c1. The molecular weight excluding hydrogens is 295 g/mol. The van der Waals surface area contributed by atoms with Gasteiger partial charge in [-0.2, -0.15) is 13.2 Å². The van der Waals surface area contributed by atoms with Gasteiger partial charge in [0.1, 0.15) is 5.82 Å². The summed E-state index contributed by atoms with van der Waals surface area (Å²) in [5, 5.41) is 2.76. The van der Waals surface area contributed by atoms with Crippen LogP contribution in [0.5, 0.6) is 0 Å². The lowest BCUT2D eigenvalue weighted by Gasteiger charge is -2.15. The summed E-state index contributed by atoms with van der Waals surface area (Å²) in [5.74, 6) is -0.0805. The normalized spacial score (nSPS) is 11.1. The van der Waals surface area contributed by atoms with E-state index in [1.165, 1.54) is 23.2 Å². The first-order valence-electron chi connectivity index (χ1n) is 6.40. The molecule has 0 saturated heterocycles. The van der Waals surface area contributed by atoms with E-state index in [1.807, 2.05) is 0 Å². The van der Waals surface area contributed by atoms with Crippen LogP contribution in [0.15, 0.2) is 42.6 Å². The number of rotatable bonds is 3. The Bertz CT molecular complexity index is 684. The molecule has 1 aromatic heterocycles. The fourth-order valence-electron chi connectivity index (χ4n) is 1.83. The Kier molecular flexibility index (Phi) is 4.35. The highest BCUT2D eigenvalue weighted by atomic mass is 19.4. The maximum atomic E-state index is 12.7. The highest BCUT2D eigenvalue weighted by Gasteiger charge is 2.30. The van der Waals surface area contributed by atoms with Crippen molar-refractivity contribution < 1.29 is 18.0 Å². The van der Waals surface area contributed by atoms with Gasteiger partial charge in [0.25, 0.3) is 5.91 Å². The second-order valence-corrected chi connectivity index (χ2v) is 4.80. The quantitative estimate of drug-likeness (QED) is 0.943. The molecule has 22 heavy (non-hydrogen) atoms. The monoisotopic (exact) mass is 309 g/mol. The van der Waals surface area contributed by atoms with E-state index < -0.39 is 11.7 Å². The number of aromatic nitrogens is 1. The van der Waals surface area contributed by atoms with Crippen LogP contribution in [-0.2, 0) is 6.18 Å². The summed E-state index contributed by atoms with van der Waals surface area (Å²) in [6.07, 6.45) is -2.97. The van der Waals surface area contributed by atoms with E-state index in [-0.39, 0.29) is 23.0 Å². The molecule has 0 bridgehead atoms. The van der Waals surface area contributed by atoms with Crippen LogP contribution < -0.4 is 5.32 Å². The molecule has 4 nitrogen and oxygen atoms in total. The molecule has 0 fully saturated rings. The standard InChI is InChI=1S/C15H14F3N3O/c1-21(2)14(22)12-7-4-8-19-13(12)20-11-6-3-5-10(9-11)15(16,17)18/h3-9H,1-2H3,(H,19,20). The van der Waals surface area contributed by atoms with Gasteiger partial charge in [-0.25, -0.2) is 4.98 Å². The predicted octanol–water partition coefficient (Wildman–Crippen LogP) is 3.55. The number of hydrogen-bond donors (Lipinski definition) is 1. The molecule has 1 amide bonds. The molecule has 0 aliphatic heterocycles. The number of anilines is 2. The number of carbonyl (C=O) groups is 1. The van der Waals surface area contributed by atoms with Gasteiger partial charge in [0.2, 0.25) is 0 Å². The minimum atomic E-state index is -4.43. The Hall–Kier alpha value is -2.57. The molecule has 0 radical (unpaired) electrons. The van der Waals surface area contributed by atoms with E-state index in [4.69, 9.17) is 0 Å². The summed E-state index contributed by atoms with van der Waals surface area (Å²) in [6, 6.07) is 7.88. The zero-order chi connectivity index (χ0) is 16.3. The zero-order valence-electron chi connectivity index (χ0n) is 12.0. The Labute approximate surface area is 125 Å². The molecule has 0 spiro atoms. The van der Waals surface area contributed by atoms with Crippen molar-refractivity contribution in [3.8, 4) is 0 Å². The first-order chi connectivity index (χ1) is 10.3. The van der Waals surface area contributed by atoms with Crippen molar-refractivity contribution in [1.82, 2.24) is 9.88 Å². The molecular formula is C15H14F3N3O. The van der Waals surface area contributed by atoms with Gasteiger partial charge in [0.05, 0.1) is 11.1 Å².